The van der Waals surface area contributed by atoms with E-state index >= 15 is 0 Å². The van der Waals surface area contributed by atoms with Gasteiger partial charge in [-0.3, -0.25) is 0 Å². The number of ether oxygens (including phenoxy) is 1. The van der Waals surface area contributed by atoms with Crippen LogP contribution in [0.15, 0.2) is 0 Å². The quantitative estimate of drug-likeness (QED) is 0.798. The summed E-state index contributed by atoms with van der Waals surface area (Å²) in [5, 5.41) is 3.38. The zero-order valence-electron chi connectivity index (χ0n) is 9.87. The lowest BCUT2D eigenvalue weighted by atomic mass is 10.0. The van der Waals surface area contributed by atoms with E-state index in [0.717, 1.165) is 32.4 Å². The van der Waals surface area contributed by atoms with Crippen molar-refractivity contribution in [1.29, 1.82) is 0 Å². The van der Waals surface area contributed by atoms with Crippen molar-refractivity contribution in [2.75, 3.05) is 24.7 Å². The lowest BCUT2D eigenvalue weighted by molar-refractivity contribution is 0.0133. The monoisotopic (exact) mass is 247 g/mol. The first-order chi connectivity index (χ1) is 7.49. The fourth-order valence-corrected chi connectivity index (χ4v) is 4.60. The molecule has 5 heteroatoms. The summed E-state index contributed by atoms with van der Waals surface area (Å²) in [5.74, 6) is 0.592. The minimum Gasteiger partial charge on any atom is -0.377 e. The Bertz CT molecular complexity index is 335. The van der Waals surface area contributed by atoms with E-state index in [1.54, 1.807) is 0 Å². The van der Waals surface area contributed by atoms with E-state index in [1.807, 2.05) is 6.92 Å². The van der Waals surface area contributed by atoms with E-state index in [4.69, 9.17) is 4.74 Å². The maximum Gasteiger partial charge on any atom is 0.152 e. The van der Waals surface area contributed by atoms with Crippen molar-refractivity contribution in [3.05, 3.63) is 0 Å². The summed E-state index contributed by atoms with van der Waals surface area (Å²) >= 11 is 0. The fraction of sp³-hybridized carbons (Fsp3) is 1.00. The Morgan fingerprint density at radius 3 is 2.81 bits per heavy atom. The Morgan fingerprint density at radius 1 is 1.44 bits per heavy atom. The van der Waals surface area contributed by atoms with Crippen LogP contribution >= 0.6 is 0 Å². The van der Waals surface area contributed by atoms with E-state index in [9.17, 15) is 8.42 Å². The second-order valence-corrected chi connectivity index (χ2v) is 7.46. The lowest BCUT2D eigenvalue weighted by Gasteiger charge is -2.29. The van der Waals surface area contributed by atoms with Gasteiger partial charge in [-0.15, -0.1) is 0 Å². The van der Waals surface area contributed by atoms with Crippen molar-refractivity contribution in [3.8, 4) is 0 Å². The third-order valence-corrected chi connectivity index (χ3v) is 5.44. The van der Waals surface area contributed by atoms with Crippen molar-refractivity contribution in [1.82, 2.24) is 5.32 Å². The smallest absolute Gasteiger partial charge is 0.152 e. The Labute approximate surface area is 97.7 Å². The van der Waals surface area contributed by atoms with Gasteiger partial charge >= 0.3 is 0 Å². The van der Waals surface area contributed by atoms with E-state index in [1.165, 1.54) is 6.42 Å². The van der Waals surface area contributed by atoms with Gasteiger partial charge in [-0.1, -0.05) is 0 Å². The summed E-state index contributed by atoms with van der Waals surface area (Å²) in [5.41, 5.74) is -0.236. The van der Waals surface area contributed by atoms with Gasteiger partial charge in [-0.25, -0.2) is 8.42 Å². The van der Waals surface area contributed by atoms with E-state index < -0.39 is 9.84 Å². The Hall–Kier alpha value is -0.130. The van der Waals surface area contributed by atoms with Gasteiger partial charge in [-0.05, 0) is 32.6 Å². The molecule has 2 unspecified atom stereocenters. The van der Waals surface area contributed by atoms with Crippen molar-refractivity contribution in [2.24, 2.45) is 0 Å². The van der Waals surface area contributed by atoms with Crippen LogP contribution in [0.2, 0.25) is 0 Å². The molecule has 0 aromatic rings. The van der Waals surface area contributed by atoms with Gasteiger partial charge in [0.05, 0.1) is 17.6 Å². The van der Waals surface area contributed by atoms with Crippen LogP contribution in [-0.2, 0) is 14.6 Å². The molecule has 0 radical (unpaired) electrons. The topological polar surface area (TPSA) is 55.4 Å². The summed E-state index contributed by atoms with van der Waals surface area (Å²) in [6, 6.07) is 0. The van der Waals surface area contributed by atoms with Crippen LogP contribution in [0.5, 0.6) is 0 Å². The SMILES string of the molecule is CC1(NCC2CCCCO2)CCS(=O)(=O)C1. The van der Waals surface area contributed by atoms with Gasteiger partial charge in [0.25, 0.3) is 0 Å². The van der Waals surface area contributed by atoms with Gasteiger partial charge in [-0.2, -0.15) is 0 Å². The van der Waals surface area contributed by atoms with Crippen LogP contribution < -0.4 is 5.32 Å². The third-order valence-electron chi connectivity index (χ3n) is 3.53. The highest BCUT2D eigenvalue weighted by molar-refractivity contribution is 7.91. The highest BCUT2D eigenvalue weighted by atomic mass is 32.2. The molecule has 0 spiro atoms. The van der Waals surface area contributed by atoms with Gasteiger partial charge < -0.3 is 10.1 Å². The largest absolute Gasteiger partial charge is 0.377 e. The standard InChI is InChI=1S/C11H21NO3S/c1-11(5-7-16(13,14)9-11)12-8-10-4-2-3-6-15-10/h10,12H,2-9H2,1H3. The first kappa shape index (κ1) is 12.3. The van der Waals surface area contributed by atoms with Gasteiger partial charge in [0.2, 0.25) is 0 Å². The predicted molar refractivity (Wildman–Crippen MR) is 63.3 cm³/mol. The zero-order chi connectivity index (χ0) is 11.6. The molecule has 2 saturated heterocycles. The van der Waals surface area contributed by atoms with Gasteiger partial charge in [0.1, 0.15) is 0 Å². The maximum atomic E-state index is 11.4. The molecule has 2 heterocycles. The first-order valence-corrected chi connectivity index (χ1v) is 7.88. The van der Waals surface area contributed by atoms with Crippen LogP contribution in [0.1, 0.15) is 32.6 Å². The summed E-state index contributed by atoms with van der Waals surface area (Å²) < 4.78 is 28.5. The highest BCUT2D eigenvalue weighted by Crippen LogP contribution is 2.23. The van der Waals surface area contributed by atoms with Gasteiger partial charge in [0.15, 0.2) is 9.84 Å². The number of hydrogen-bond donors (Lipinski definition) is 1. The molecule has 16 heavy (non-hydrogen) atoms. The van der Waals surface area contributed by atoms with Crippen LogP contribution in [0, 0.1) is 0 Å². The molecule has 1 N–H and O–H groups in total. The molecule has 0 bridgehead atoms. The number of rotatable bonds is 3. The molecule has 0 amide bonds. The zero-order valence-corrected chi connectivity index (χ0v) is 10.7. The highest BCUT2D eigenvalue weighted by Gasteiger charge is 2.38. The van der Waals surface area contributed by atoms with Gasteiger partial charge in [0, 0.05) is 18.7 Å². The molecule has 0 aromatic carbocycles. The number of sulfone groups is 1. The van der Waals surface area contributed by atoms with Crippen LogP contribution in [0.25, 0.3) is 0 Å². The first-order valence-electron chi connectivity index (χ1n) is 6.06. The molecule has 0 saturated carbocycles. The molecule has 94 valence electrons. The predicted octanol–water partition coefficient (Wildman–Crippen LogP) is 0.722. The molecular weight excluding hydrogens is 226 g/mol. The van der Waals surface area contributed by atoms with E-state index in [2.05, 4.69) is 5.32 Å². The maximum absolute atomic E-state index is 11.4. The molecule has 2 fully saturated rings. The molecule has 2 rings (SSSR count). The normalized spacial score (nSPS) is 38.7. The molecule has 2 atom stereocenters. The molecular formula is C11H21NO3S. The molecule has 4 nitrogen and oxygen atoms in total. The Morgan fingerprint density at radius 2 is 2.25 bits per heavy atom. The van der Waals surface area contributed by atoms with Crippen LogP contribution in [0.3, 0.4) is 0 Å². The molecule has 2 aliphatic heterocycles. The van der Waals surface area contributed by atoms with E-state index in [-0.39, 0.29) is 17.4 Å². The molecule has 2 aliphatic rings. The lowest BCUT2D eigenvalue weighted by Crippen LogP contribution is -2.47. The summed E-state index contributed by atoms with van der Waals surface area (Å²) in [6.07, 6.45) is 4.47. The van der Waals surface area contributed by atoms with E-state index in [0.29, 0.717) is 5.75 Å². The Kier molecular flexibility index (Phi) is 3.56. The van der Waals surface area contributed by atoms with Crippen LogP contribution in [0.4, 0.5) is 0 Å². The van der Waals surface area contributed by atoms with Crippen molar-refractivity contribution >= 4 is 9.84 Å². The van der Waals surface area contributed by atoms with Crippen molar-refractivity contribution in [3.63, 3.8) is 0 Å². The summed E-state index contributed by atoms with van der Waals surface area (Å²) in [7, 11) is -2.81. The number of hydrogen-bond acceptors (Lipinski definition) is 4. The summed E-state index contributed by atoms with van der Waals surface area (Å²) in [6.45, 7) is 3.63. The fourth-order valence-electron chi connectivity index (χ4n) is 2.48. The average Bonchev–Trinajstić information content (AvgIpc) is 2.53. The minimum atomic E-state index is -2.81. The average molecular weight is 247 g/mol. The molecule has 0 aromatic heterocycles. The van der Waals surface area contributed by atoms with Crippen LogP contribution in [-0.4, -0.2) is 44.7 Å². The minimum absolute atomic E-state index is 0.236. The number of nitrogens with one attached hydrogen (secondary N) is 1. The Balaban J connectivity index is 1.81. The third kappa shape index (κ3) is 3.18. The molecule has 0 aliphatic carbocycles. The second kappa shape index (κ2) is 4.63. The summed E-state index contributed by atoms with van der Waals surface area (Å²) in [4.78, 5) is 0. The van der Waals surface area contributed by atoms with Crippen molar-refractivity contribution < 1.29 is 13.2 Å². The second-order valence-electron chi connectivity index (χ2n) is 5.27. The van der Waals surface area contributed by atoms with Crippen molar-refractivity contribution in [2.45, 2.75) is 44.2 Å².